The molecule has 1 atom stereocenters. The first-order valence-electron chi connectivity index (χ1n) is 5.83. The molecule has 1 unspecified atom stereocenters. The third-order valence-corrected chi connectivity index (χ3v) is 3.91. The number of nitrogens with zero attached hydrogens (tertiary/aromatic N) is 1. The van der Waals surface area contributed by atoms with Crippen LogP contribution in [0.1, 0.15) is 18.4 Å². The monoisotopic (exact) mass is 269 g/mol. The van der Waals surface area contributed by atoms with Gasteiger partial charge in [0.05, 0.1) is 0 Å². The van der Waals surface area contributed by atoms with Crippen LogP contribution in [-0.2, 0) is 16.2 Å². The number of hydrogen-bond donors (Lipinski definition) is 2. The van der Waals surface area contributed by atoms with E-state index in [0.717, 1.165) is 12.0 Å². The van der Waals surface area contributed by atoms with Crippen molar-refractivity contribution in [1.29, 1.82) is 0 Å². The molecule has 2 rings (SSSR count). The van der Waals surface area contributed by atoms with Crippen LogP contribution < -0.4 is 0 Å². The van der Waals surface area contributed by atoms with Crippen molar-refractivity contribution >= 4 is 14.3 Å². The molecule has 18 heavy (non-hydrogen) atoms. The molecule has 1 saturated heterocycles. The van der Waals surface area contributed by atoms with E-state index in [1.807, 2.05) is 30.3 Å². The van der Waals surface area contributed by atoms with E-state index in [1.54, 1.807) is 0 Å². The van der Waals surface area contributed by atoms with Gasteiger partial charge in [0.15, 0.2) is 8.38 Å². The molecule has 1 amide bonds. The van der Waals surface area contributed by atoms with Gasteiger partial charge in [-0.1, -0.05) is 30.3 Å². The number of hydrogen-bond acceptors (Lipinski definition) is 4. The predicted octanol–water partition coefficient (Wildman–Crippen LogP) is 1.41. The molecule has 5 nitrogen and oxygen atoms in total. The summed E-state index contributed by atoms with van der Waals surface area (Å²) in [5.41, 5.74) is 0.271. The average Bonchev–Trinajstić information content (AvgIpc) is 2.38. The van der Waals surface area contributed by atoms with Crippen LogP contribution in [0.15, 0.2) is 30.3 Å². The standard InChI is InChI=1S/C12H16NO4P/c14-12-11(18(15)16)7-4-8-13(12)17-9-10-5-2-1-3-6-10/h1-3,5-6,11,15-16H,4,7-9H2. The largest absolute Gasteiger partial charge is 0.349 e. The fourth-order valence-corrected chi connectivity index (χ4v) is 2.64. The second-order valence-electron chi connectivity index (χ2n) is 4.18. The van der Waals surface area contributed by atoms with Crippen molar-refractivity contribution in [3.63, 3.8) is 0 Å². The highest BCUT2D eigenvalue weighted by Gasteiger charge is 2.34. The second kappa shape index (κ2) is 6.25. The molecule has 0 radical (unpaired) electrons. The Balaban J connectivity index is 1.91. The molecule has 98 valence electrons. The third-order valence-electron chi connectivity index (χ3n) is 2.88. The van der Waals surface area contributed by atoms with E-state index in [9.17, 15) is 4.79 Å². The summed E-state index contributed by atoms with van der Waals surface area (Å²) in [4.78, 5) is 35.7. The maximum Gasteiger partial charge on any atom is 0.258 e. The van der Waals surface area contributed by atoms with Gasteiger partial charge in [0.2, 0.25) is 0 Å². The lowest BCUT2D eigenvalue weighted by Crippen LogP contribution is -2.43. The van der Waals surface area contributed by atoms with Gasteiger partial charge in [0.25, 0.3) is 5.91 Å². The summed E-state index contributed by atoms with van der Waals surface area (Å²) in [6.07, 6.45) is 1.24. The molecule has 1 aliphatic rings. The summed E-state index contributed by atoms with van der Waals surface area (Å²) >= 11 is 0. The van der Waals surface area contributed by atoms with Crippen LogP contribution in [0.5, 0.6) is 0 Å². The van der Waals surface area contributed by atoms with Crippen LogP contribution in [0, 0.1) is 0 Å². The molecule has 1 heterocycles. The van der Waals surface area contributed by atoms with Crippen molar-refractivity contribution in [2.24, 2.45) is 0 Å². The number of piperidine rings is 1. The SMILES string of the molecule is O=C1C(P(O)O)CCCN1OCc1ccccc1. The van der Waals surface area contributed by atoms with Crippen molar-refractivity contribution in [1.82, 2.24) is 5.06 Å². The quantitative estimate of drug-likeness (QED) is 0.811. The zero-order valence-electron chi connectivity index (χ0n) is 9.90. The summed E-state index contributed by atoms with van der Waals surface area (Å²) in [6, 6.07) is 9.55. The Morgan fingerprint density at radius 1 is 1.33 bits per heavy atom. The molecular formula is C12H16NO4P. The smallest absolute Gasteiger partial charge is 0.258 e. The maximum absolute atomic E-state index is 11.9. The van der Waals surface area contributed by atoms with Crippen molar-refractivity contribution in [2.75, 3.05) is 6.54 Å². The predicted molar refractivity (Wildman–Crippen MR) is 67.3 cm³/mol. The van der Waals surface area contributed by atoms with Gasteiger partial charge in [-0.15, -0.1) is 0 Å². The summed E-state index contributed by atoms with van der Waals surface area (Å²) in [7, 11) is -2.22. The molecular weight excluding hydrogens is 253 g/mol. The van der Waals surface area contributed by atoms with Gasteiger partial charge in [-0.25, -0.2) is 5.06 Å². The van der Waals surface area contributed by atoms with E-state index >= 15 is 0 Å². The van der Waals surface area contributed by atoms with Crippen LogP contribution in [-0.4, -0.2) is 33.0 Å². The Labute approximate surface area is 107 Å². The molecule has 1 fully saturated rings. The number of amides is 1. The number of rotatable bonds is 4. The van der Waals surface area contributed by atoms with E-state index in [2.05, 4.69) is 0 Å². The van der Waals surface area contributed by atoms with Gasteiger partial charge < -0.3 is 9.79 Å². The number of carbonyl (C=O) groups is 1. The highest BCUT2D eigenvalue weighted by atomic mass is 31.2. The van der Waals surface area contributed by atoms with E-state index in [0.29, 0.717) is 19.6 Å². The summed E-state index contributed by atoms with van der Waals surface area (Å²) in [5.74, 6) is -0.326. The van der Waals surface area contributed by atoms with Crippen LogP contribution in [0.4, 0.5) is 0 Å². The number of benzene rings is 1. The van der Waals surface area contributed by atoms with Crippen LogP contribution in [0.3, 0.4) is 0 Å². The summed E-state index contributed by atoms with van der Waals surface area (Å²) in [5, 5.41) is 1.25. The van der Waals surface area contributed by atoms with Crippen LogP contribution in [0.25, 0.3) is 0 Å². The fourth-order valence-electron chi connectivity index (χ4n) is 1.90. The molecule has 0 aromatic heterocycles. The van der Waals surface area contributed by atoms with E-state index < -0.39 is 14.0 Å². The number of hydroxylamine groups is 2. The molecule has 0 bridgehead atoms. The Kier molecular flexibility index (Phi) is 4.66. The zero-order chi connectivity index (χ0) is 13.0. The highest BCUT2D eigenvalue weighted by molar-refractivity contribution is 7.47. The van der Waals surface area contributed by atoms with Crippen LogP contribution >= 0.6 is 8.38 Å². The fraction of sp³-hybridized carbons (Fsp3) is 0.417. The summed E-state index contributed by atoms with van der Waals surface area (Å²) < 4.78 is 0. The van der Waals surface area contributed by atoms with Crippen molar-refractivity contribution in [3.05, 3.63) is 35.9 Å². The minimum absolute atomic E-state index is 0.314. The van der Waals surface area contributed by atoms with E-state index in [-0.39, 0.29) is 5.91 Å². The first-order valence-corrected chi connectivity index (χ1v) is 7.15. The Bertz CT molecular complexity index is 398. The molecule has 1 aliphatic heterocycles. The van der Waals surface area contributed by atoms with Gasteiger partial charge in [0.1, 0.15) is 12.3 Å². The van der Waals surface area contributed by atoms with E-state index in [4.69, 9.17) is 14.6 Å². The first kappa shape index (κ1) is 13.4. The first-order chi connectivity index (χ1) is 8.68. The molecule has 1 aromatic carbocycles. The van der Waals surface area contributed by atoms with Gasteiger partial charge in [-0.3, -0.25) is 9.63 Å². The van der Waals surface area contributed by atoms with Gasteiger partial charge >= 0.3 is 0 Å². The summed E-state index contributed by atoms with van der Waals surface area (Å²) in [6.45, 7) is 0.819. The Morgan fingerprint density at radius 3 is 2.72 bits per heavy atom. The van der Waals surface area contributed by atoms with E-state index in [1.165, 1.54) is 5.06 Å². The Hall–Kier alpha value is -1.00. The Morgan fingerprint density at radius 2 is 2.06 bits per heavy atom. The minimum Gasteiger partial charge on any atom is -0.349 e. The third kappa shape index (κ3) is 3.27. The average molecular weight is 269 g/mol. The van der Waals surface area contributed by atoms with Gasteiger partial charge in [-0.2, -0.15) is 0 Å². The van der Waals surface area contributed by atoms with Crippen molar-refractivity contribution < 1.29 is 19.4 Å². The zero-order valence-corrected chi connectivity index (χ0v) is 10.8. The lowest BCUT2D eigenvalue weighted by molar-refractivity contribution is -0.196. The lowest BCUT2D eigenvalue weighted by atomic mass is 10.1. The van der Waals surface area contributed by atoms with Crippen molar-refractivity contribution in [2.45, 2.75) is 25.1 Å². The minimum atomic E-state index is -2.22. The topological polar surface area (TPSA) is 70.0 Å². The van der Waals surface area contributed by atoms with Gasteiger partial charge in [0, 0.05) is 6.54 Å². The lowest BCUT2D eigenvalue weighted by Gasteiger charge is -2.31. The van der Waals surface area contributed by atoms with Gasteiger partial charge in [-0.05, 0) is 18.4 Å². The van der Waals surface area contributed by atoms with Crippen molar-refractivity contribution in [3.8, 4) is 0 Å². The van der Waals surface area contributed by atoms with Crippen LogP contribution in [0.2, 0.25) is 0 Å². The molecule has 6 heteroatoms. The molecule has 0 spiro atoms. The molecule has 0 aliphatic carbocycles. The maximum atomic E-state index is 11.9. The highest BCUT2D eigenvalue weighted by Crippen LogP contribution is 2.37. The second-order valence-corrected chi connectivity index (χ2v) is 5.44. The number of carbonyl (C=O) groups excluding carboxylic acids is 1. The normalized spacial score (nSPS) is 20.5. The molecule has 2 N–H and O–H groups in total. The molecule has 1 aromatic rings. The molecule has 0 saturated carbocycles.